The van der Waals surface area contributed by atoms with Crippen molar-refractivity contribution in [2.75, 3.05) is 42.6 Å². The van der Waals surface area contributed by atoms with Crippen LogP contribution in [0.25, 0.3) is 25.5 Å². The molecule has 0 unspecified atom stereocenters. The predicted molar refractivity (Wildman–Crippen MR) is 229 cm³/mol. The molecule has 2 heterocycles. The van der Waals surface area contributed by atoms with E-state index in [0.29, 0.717) is 44.8 Å². The minimum absolute atomic E-state index is 0. The molecule has 1 amide bonds. The van der Waals surface area contributed by atoms with Crippen molar-refractivity contribution in [2.24, 2.45) is 0 Å². The molecule has 0 saturated carbocycles. The molecule has 4 aromatic rings. The topological polar surface area (TPSA) is 150 Å². The number of fused-ring (bicyclic) bond motifs is 2. The summed E-state index contributed by atoms with van der Waals surface area (Å²) in [7, 11) is 9.32. The van der Waals surface area contributed by atoms with Crippen LogP contribution in [0.4, 0.5) is 0 Å². The molecule has 58 heavy (non-hydrogen) atoms. The van der Waals surface area contributed by atoms with Crippen LogP contribution in [0.2, 0.25) is 0 Å². The number of thiophene rings is 2. The summed E-state index contributed by atoms with van der Waals surface area (Å²) in [5.41, 5.74) is -0.926. The van der Waals surface area contributed by atoms with Gasteiger partial charge in [0.1, 0.15) is 17.6 Å². The first-order chi connectivity index (χ1) is 26.4. The number of carbonyl (C=O) groups is 4. The van der Waals surface area contributed by atoms with Crippen molar-refractivity contribution in [3.8, 4) is 23.0 Å². The normalized spacial score (nSPS) is 10.8. The largest absolute Gasteiger partial charge is 1.00 e. The fraction of sp³-hybridized carbons (Fsp3) is 0.524. The van der Waals surface area contributed by atoms with Gasteiger partial charge in [-0.1, -0.05) is 27.7 Å². The van der Waals surface area contributed by atoms with Crippen molar-refractivity contribution in [2.45, 2.75) is 106 Å². The summed E-state index contributed by atoms with van der Waals surface area (Å²) < 4.78 is 32.8. The first-order valence-corrected chi connectivity index (χ1v) is 19.8. The molecule has 2 aromatic carbocycles. The smallest absolute Gasteiger partial charge is 0.658 e. The van der Waals surface area contributed by atoms with Crippen LogP contribution in [-0.2, 0) is 23.9 Å². The molecule has 2 aromatic heterocycles. The maximum absolute atomic E-state index is 12.3. The van der Waals surface area contributed by atoms with Gasteiger partial charge in [0.05, 0.1) is 45.3 Å². The maximum atomic E-state index is 12.3. The van der Waals surface area contributed by atoms with Crippen LogP contribution in [0.3, 0.4) is 0 Å². The molecule has 0 N–H and O–H groups in total. The fourth-order valence-electron chi connectivity index (χ4n) is 4.84. The molecular formula is C42H61LiN2O11S2. The maximum Gasteiger partial charge on any atom is 1.00 e. The van der Waals surface area contributed by atoms with Crippen LogP contribution in [-0.4, -0.2) is 94.6 Å². The number of amides is 1. The van der Waals surface area contributed by atoms with Crippen molar-refractivity contribution in [1.29, 1.82) is 0 Å². The Labute approximate surface area is 364 Å². The van der Waals surface area contributed by atoms with Gasteiger partial charge in [-0.15, -0.1) is 34.8 Å². The molecule has 0 atom stereocenters. The van der Waals surface area contributed by atoms with E-state index in [9.17, 15) is 19.2 Å². The number of benzene rings is 2. The van der Waals surface area contributed by atoms with Crippen molar-refractivity contribution < 1.29 is 71.3 Å². The van der Waals surface area contributed by atoms with Crippen LogP contribution < -0.4 is 37.8 Å². The van der Waals surface area contributed by atoms with Crippen LogP contribution in [0.15, 0.2) is 36.4 Å². The van der Waals surface area contributed by atoms with Gasteiger partial charge in [0, 0.05) is 35.5 Å². The Balaban J connectivity index is 0.000000830. The molecule has 16 heteroatoms. The summed E-state index contributed by atoms with van der Waals surface area (Å²) >= 11 is 2.71. The van der Waals surface area contributed by atoms with E-state index in [2.05, 4.69) is 33.0 Å². The van der Waals surface area contributed by atoms with Crippen molar-refractivity contribution >= 4 is 66.5 Å². The number of ketones is 1. The number of esters is 2. The quantitative estimate of drug-likeness (QED) is 0.0510. The number of rotatable bonds is 11. The summed E-state index contributed by atoms with van der Waals surface area (Å²) in [4.78, 5) is 52.3. The van der Waals surface area contributed by atoms with Gasteiger partial charge in [-0.05, 0) is 76.6 Å². The zero-order valence-corrected chi connectivity index (χ0v) is 39.2. The average molecular weight is 841 g/mol. The van der Waals surface area contributed by atoms with Gasteiger partial charge >= 0.3 is 30.8 Å². The van der Waals surface area contributed by atoms with Gasteiger partial charge in [0.15, 0.2) is 28.8 Å². The molecule has 0 bridgehead atoms. The van der Waals surface area contributed by atoms with Gasteiger partial charge in [0.25, 0.3) is 5.91 Å². The molecule has 0 radical (unpaired) electrons. The van der Waals surface area contributed by atoms with E-state index in [1.165, 1.54) is 41.8 Å². The van der Waals surface area contributed by atoms with E-state index in [-0.39, 0.29) is 48.5 Å². The van der Waals surface area contributed by atoms with Gasteiger partial charge in [-0.3, -0.25) is 24.0 Å². The third-order valence-corrected chi connectivity index (χ3v) is 9.09. The Morgan fingerprint density at radius 1 is 0.638 bits per heavy atom. The zero-order valence-electron chi connectivity index (χ0n) is 37.5. The Morgan fingerprint density at radius 2 is 1.02 bits per heavy atom. The fourth-order valence-corrected chi connectivity index (χ4v) is 6.89. The molecule has 0 spiro atoms. The van der Waals surface area contributed by atoms with Crippen molar-refractivity contribution in [3.63, 3.8) is 0 Å². The standard InChI is InChI=1S/C17H20O5S.C13H15NO4S.C6H14N.C6H12O2.Li/c1-17(2,3)22-16(19)8-11(18)15-7-10-6-12(20-4)13(21-5)9-14(10)23-15;1-14(18-4)13(15)12-6-8-5-9(16-2)10(17-3)7-11(8)19-12;1-5(2)7-6(3)4;1-5(7)8-6(2,3)4;/h6-7,9H,8H2,1-5H3;5-7H,1-4H3;5-6H,1-4H3;1-4H3;/q;;-1;;+1. The number of hydrogen-bond donors (Lipinski definition) is 0. The number of carbonyl (C=O) groups excluding carboxylic acids is 4. The SMILES string of the molecule is CC(=O)OC(C)(C)C.CC(C)[N-]C(C)C.COc1cc2cc(C(=O)CC(=O)OC(C)(C)C)sc2cc1OC.COc1cc2cc(C(=O)N(C)OC)sc2cc1OC.[Li+]. The Kier molecular flexibility index (Phi) is 23.3. The van der Waals surface area contributed by atoms with Crippen LogP contribution >= 0.6 is 22.7 Å². The number of Topliss-reactive ketones (excluding diaryl/α,β-unsaturated/α-hetero) is 1. The van der Waals surface area contributed by atoms with Gasteiger partial charge in [-0.2, -0.15) is 0 Å². The van der Waals surface area contributed by atoms with Crippen molar-refractivity contribution in [3.05, 3.63) is 51.5 Å². The monoisotopic (exact) mass is 840 g/mol. The van der Waals surface area contributed by atoms with E-state index in [1.54, 1.807) is 62.3 Å². The first-order valence-electron chi connectivity index (χ1n) is 18.2. The number of nitrogens with zero attached hydrogens (tertiary/aromatic N) is 2. The van der Waals surface area contributed by atoms with Gasteiger partial charge < -0.3 is 33.7 Å². The van der Waals surface area contributed by atoms with Gasteiger partial charge in [-0.25, -0.2) is 5.06 Å². The second-order valence-corrected chi connectivity index (χ2v) is 17.1. The molecule has 0 saturated heterocycles. The summed E-state index contributed by atoms with van der Waals surface area (Å²) in [6, 6.07) is 11.9. The average Bonchev–Trinajstić information content (AvgIpc) is 3.71. The second kappa shape index (κ2) is 24.9. The molecule has 0 aliphatic carbocycles. The first kappa shape index (κ1) is 54.2. The zero-order chi connectivity index (χ0) is 43.8. The van der Waals surface area contributed by atoms with Gasteiger partial charge in [0.2, 0.25) is 0 Å². The van der Waals surface area contributed by atoms with E-state index in [4.69, 9.17) is 33.3 Å². The number of hydrogen-bond acceptors (Lipinski definition) is 13. The molecular weight excluding hydrogens is 780 g/mol. The number of methoxy groups -OCH3 is 4. The molecule has 0 aliphatic heterocycles. The second-order valence-electron chi connectivity index (χ2n) is 14.9. The summed E-state index contributed by atoms with van der Waals surface area (Å²) in [6.07, 6.45) is -0.266. The third-order valence-electron chi connectivity index (χ3n) is 6.86. The summed E-state index contributed by atoms with van der Waals surface area (Å²) in [5.74, 6) is 1.33. The summed E-state index contributed by atoms with van der Waals surface area (Å²) in [6.45, 7) is 20.6. The molecule has 318 valence electrons. The van der Waals surface area contributed by atoms with Crippen LogP contribution in [0, 0.1) is 0 Å². The predicted octanol–water partition coefficient (Wildman–Crippen LogP) is 6.91. The van der Waals surface area contributed by atoms with Crippen LogP contribution in [0.5, 0.6) is 23.0 Å². The molecule has 0 fully saturated rings. The van der Waals surface area contributed by atoms with E-state index in [0.717, 1.165) is 20.2 Å². The molecule has 0 aliphatic rings. The molecule has 13 nitrogen and oxygen atoms in total. The van der Waals surface area contributed by atoms with E-state index < -0.39 is 11.6 Å². The number of ether oxygens (including phenoxy) is 6. The Bertz CT molecular complexity index is 1840. The van der Waals surface area contributed by atoms with Crippen LogP contribution in [0.1, 0.15) is 102 Å². The number of hydroxylamine groups is 2. The van der Waals surface area contributed by atoms with Crippen molar-refractivity contribution in [1.82, 2.24) is 5.06 Å². The van der Waals surface area contributed by atoms with E-state index in [1.807, 2.05) is 51.1 Å². The third kappa shape index (κ3) is 19.3. The Hall–Kier alpha value is -3.84. The Morgan fingerprint density at radius 3 is 1.33 bits per heavy atom. The van der Waals surface area contributed by atoms with E-state index >= 15 is 0 Å². The minimum atomic E-state index is -0.599. The molecule has 4 rings (SSSR count). The summed E-state index contributed by atoms with van der Waals surface area (Å²) in [5, 5.41) is 7.29. The minimum Gasteiger partial charge on any atom is -0.658 e.